The third-order valence-electron chi connectivity index (χ3n) is 2.67. The van der Waals surface area contributed by atoms with E-state index in [-0.39, 0.29) is 28.3 Å². The molecule has 1 aliphatic heterocycles. The molecule has 0 aromatic heterocycles. The second-order valence-electron chi connectivity index (χ2n) is 4.05. The third kappa shape index (κ3) is 3.21. The molecule has 1 aromatic rings. The van der Waals surface area contributed by atoms with Crippen molar-refractivity contribution in [1.29, 1.82) is 0 Å². The Morgan fingerprint density at radius 2 is 2.21 bits per heavy atom. The summed E-state index contributed by atoms with van der Waals surface area (Å²) < 4.78 is 31.7. The van der Waals surface area contributed by atoms with Crippen LogP contribution in [0.25, 0.3) is 0 Å². The first-order valence-electron chi connectivity index (χ1n) is 5.44. The number of nitrogens with zero attached hydrogens (tertiary/aromatic N) is 1. The summed E-state index contributed by atoms with van der Waals surface area (Å²) in [7, 11) is -3.90. The lowest BCUT2D eigenvalue weighted by Gasteiger charge is -2.12. The summed E-state index contributed by atoms with van der Waals surface area (Å²) in [4.78, 5) is 9.69. The van der Waals surface area contributed by atoms with Crippen LogP contribution < -0.4 is 4.72 Å². The maximum Gasteiger partial charge on any atom is 0.270 e. The predicted molar refractivity (Wildman–Crippen MR) is 67.7 cm³/mol. The molecule has 19 heavy (non-hydrogen) atoms. The Morgan fingerprint density at radius 1 is 1.47 bits per heavy atom. The van der Waals surface area contributed by atoms with E-state index in [0.29, 0.717) is 13.0 Å². The molecule has 1 heterocycles. The fraction of sp³-hybridized carbons (Fsp3) is 0.400. The van der Waals surface area contributed by atoms with E-state index in [2.05, 4.69) is 4.72 Å². The second-order valence-corrected chi connectivity index (χ2v) is 6.14. The van der Waals surface area contributed by atoms with Gasteiger partial charge in [0.1, 0.15) is 4.90 Å². The molecule has 2 rings (SSSR count). The molecule has 1 aromatic carbocycles. The number of benzene rings is 1. The van der Waals surface area contributed by atoms with E-state index < -0.39 is 14.9 Å². The Balaban J connectivity index is 2.33. The number of nitro benzene ring substituents is 1. The number of nitrogens with one attached hydrogen (secondary N) is 1. The molecule has 104 valence electrons. The van der Waals surface area contributed by atoms with Gasteiger partial charge in [-0.1, -0.05) is 11.6 Å². The van der Waals surface area contributed by atoms with Gasteiger partial charge in [0.2, 0.25) is 10.0 Å². The van der Waals surface area contributed by atoms with Gasteiger partial charge in [-0.2, -0.15) is 0 Å². The molecular weight excluding hydrogens is 296 g/mol. The van der Waals surface area contributed by atoms with E-state index in [1.165, 1.54) is 6.07 Å². The van der Waals surface area contributed by atoms with Gasteiger partial charge in [-0.15, -0.1) is 0 Å². The lowest BCUT2D eigenvalue weighted by atomic mass is 10.3. The van der Waals surface area contributed by atoms with Crippen molar-refractivity contribution >= 4 is 27.3 Å². The van der Waals surface area contributed by atoms with E-state index in [0.717, 1.165) is 12.1 Å². The topological polar surface area (TPSA) is 98.5 Å². The SMILES string of the molecule is O=[N+]([O-])c1ccc(Cl)c(S(=O)(=O)NC2CCOC2)c1. The molecule has 0 aliphatic carbocycles. The van der Waals surface area contributed by atoms with Crippen molar-refractivity contribution in [2.24, 2.45) is 0 Å². The summed E-state index contributed by atoms with van der Waals surface area (Å²) in [6, 6.07) is 2.96. The number of halogens is 1. The van der Waals surface area contributed by atoms with E-state index in [9.17, 15) is 18.5 Å². The Labute approximate surface area is 114 Å². The molecule has 1 atom stereocenters. The predicted octanol–water partition coefficient (Wildman–Crippen LogP) is 1.32. The number of nitro groups is 1. The maximum absolute atomic E-state index is 12.1. The molecule has 0 bridgehead atoms. The smallest absolute Gasteiger partial charge is 0.270 e. The first-order chi connectivity index (χ1) is 8.90. The molecule has 1 saturated heterocycles. The largest absolute Gasteiger partial charge is 0.380 e. The second kappa shape index (κ2) is 5.41. The van der Waals surface area contributed by atoms with Crippen LogP contribution in [0.3, 0.4) is 0 Å². The maximum atomic E-state index is 12.1. The van der Waals surface area contributed by atoms with Crippen molar-refractivity contribution in [3.05, 3.63) is 33.3 Å². The van der Waals surface area contributed by atoms with Crippen LogP contribution >= 0.6 is 11.6 Å². The van der Waals surface area contributed by atoms with E-state index in [4.69, 9.17) is 16.3 Å². The lowest BCUT2D eigenvalue weighted by molar-refractivity contribution is -0.385. The quantitative estimate of drug-likeness (QED) is 0.668. The molecule has 9 heteroatoms. The van der Waals surface area contributed by atoms with Crippen molar-refractivity contribution in [3.8, 4) is 0 Å². The van der Waals surface area contributed by atoms with Crippen molar-refractivity contribution in [2.45, 2.75) is 17.4 Å². The number of ether oxygens (including phenoxy) is 1. The summed E-state index contributed by atoms with van der Waals surface area (Å²) in [5.74, 6) is 0. The van der Waals surface area contributed by atoms with Crippen molar-refractivity contribution < 1.29 is 18.1 Å². The standard InChI is InChI=1S/C10H11ClN2O5S/c11-9-2-1-8(13(14)15)5-10(9)19(16,17)12-7-3-4-18-6-7/h1-2,5,7,12H,3-4,6H2. The molecule has 0 radical (unpaired) electrons. The molecule has 0 amide bonds. The summed E-state index contributed by atoms with van der Waals surface area (Å²) in [5.41, 5.74) is -0.326. The number of hydrogen-bond donors (Lipinski definition) is 1. The molecular formula is C10H11ClN2O5S. The van der Waals surface area contributed by atoms with Gasteiger partial charge in [0.05, 0.1) is 16.6 Å². The fourth-order valence-corrected chi connectivity index (χ4v) is 3.50. The van der Waals surface area contributed by atoms with Crippen molar-refractivity contribution in [3.63, 3.8) is 0 Å². The molecule has 1 unspecified atom stereocenters. The highest BCUT2D eigenvalue weighted by atomic mass is 35.5. The third-order valence-corrected chi connectivity index (χ3v) is 4.67. The van der Waals surface area contributed by atoms with Gasteiger partial charge in [0, 0.05) is 24.8 Å². The molecule has 0 spiro atoms. The summed E-state index contributed by atoms with van der Waals surface area (Å²) in [5, 5.41) is 10.6. The average Bonchev–Trinajstić information content (AvgIpc) is 2.81. The van der Waals surface area contributed by atoms with Crippen LogP contribution in [0.5, 0.6) is 0 Å². The summed E-state index contributed by atoms with van der Waals surface area (Å²) >= 11 is 5.80. The highest BCUT2D eigenvalue weighted by Crippen LogP contribution is 2.26. The Kier molecular flexibility index (Phi) is 4.04. The van der Waals surface area contributed by atoms with E-state index in [1.807, 2.05) is 0 Å². The first kappa shape index (κ1) is 14.2. The molecule has 1 fully saturated rings. The molecule has 0 saturated carbocycles. The van der Waals surface area contributed by atoms with Crippen molar-refractivity contribution in [2.75, 3.05) is 13.2 Å². The number of sulfonamides is 1. The number of rotatable bonds is 4. The number of non-ortho nitro benzene ring substituents is 1. The number of hydrogen-bond acceptors (Lipinski definition) is 5. The Bertz CT molecular complexity index is 598. The molecule has 1 N–H and O–H groups in total. The van der Waals surface area contributed by atoms with E-state index >= 15 is 0 Å². The van der Waals surface area contributed by atoms with Gasteiger partial charge >= 0.3 is 0 Å². The van der Waals surface area contributed by atoms with E-state index in [1.54, 1.807) is 0 Å². The van der Waals surface area contributed by atoms with Gasteiger partial charge in [-0.3, -0.25) is 10.1 Å². The monoisotopic (exact) mass is 306 g/mol. The van der Waals surface area contributed by atoms with Crippen LogP contribution in [0.2, 0.25) is 5.02 Å². The zero-order valence-electron chi connectivity index (χ0n) is 9.71. The van der Waals surface area contributed by atoms with Crippen LogP contribution in [-0.4, -0.2) is 32.6 Å². The van der Waals surface area contributed by atoms with Crippen LogP contribution in [0.4, 0.5) is 5.69 Å². The zero-order chi connectivity index (χ0) is 14.0. The first-order valence-corrected chi connectivity index (χ1v) is 7.30. The minimum absolute atomic E-state index is 0.0583. The molecule has 1 aliphatic rings. The zero-order valence-corrected chi connectivity index (χ0v) is 11.3. The van der Waals surface area contributed by atoms with Gasteiger partial charge in [-0.25, -0.2) is 13.1 Å². The lowest BCUT2D eigenvalue weighted by Crippen LogP contribution is -2.35. The Morgan fingerprint density at radius 3 is 2.79 bits per heavy atom. The van der Waals surface area contributed by atoms with Gasteiger partial charge in [0.15, 0.2) is 0 Å². The highest BCUT2D eigenvalue weighted by Gasteiger charge is 2.26. The fourth-order valence-electron chi connectivity index (χ4n) is 1.72. The van der Waals surface area contributed by atoms with Crippen LogP contribution in [0.15, 0.2) is 23.1 Å². The van der Waals surface area contributed by atoms with Gasteiger partial charge < -0.3 is 4.74 Å². The van der Waals surface area contributed by atoms with Gasteiger partial charge in [-0.05, 0) is 12.5 Å². The van der Waals surface area contributed by atoms with Crippen LogP contribution in [0, 0.1) is 10.1 Å². The van der Waals surface area contributed by atoms with Crippen LogP contribution in [0.1, 0.15) is 6.42 Å². The Hall–Kier alpha value is -1.22. The van der Waals surface area contributed by atoms with Gasteiger partial charge in [0.25, 0.3) is 5.69 Å². The van der Waals surface area contributed by atoms with Crippen LogP contribution in [-0.2, 0) is 14.8 Å². The summed E-state index contributed by atoms with van der Waals surface area (Å²) in [6.07, 6.45) is 0.561. The summed E-state index contributed by atoms with van der Waals surface area (Å²) in [6.45, 7) is 0.766. The molecule has 7 nitrogen and oxygen atoms in total. The average molecular weight is 307 g/mol. The normalized spacial score (nSPS) is 19.5. The minimum Gasteiger partial charge on any atom is -0.380 e. The van der Waals surface area contributed by atoms with Crippen molar-refractivity contribution in [1.82, 2.24) is 4.72 Å². The highest BCUT2D eigenvalue weighted by molar-refractivity contribution is 7.89. The minimum atomic E-state index is -3.90.